The van der Waals surface area contributed by atoms with Crippen LogP contribution in [-0.4, -0.2) is 24.5 Å². The van der Waals surface area contributed by atoms with Gasteiger partial charge >= 0.3 is 0 Å². The van der Waals surface area contributed by atoms with E-state index in [-0.39, 0.29) is 5.41 Å². The van der Waals surface area contributed by atoms with Gasteiger partial charge in [0.05, 0.1) is 0 Å². The van der Waals surface area contributed by atoms with Crippen LogP contribution >= 0.6 is 11.6 Å². The minimum atomic E-state index is 0.162. The molecule has 0 radical (unpaired) electrons. The molecular weight excluding hydrogens is 256 g/mol. The second-order valence-electron chi connectivity index (χ2n) is 6.15. The third kappa shape index (κ3) is 5.52. The number of hydrogen-bond acceptors (Lipinski definition) is 2. The van der Waals surface area contributed by atoms with Crippen molar-refractivity contribution in [3.8, 4) is 0 Å². The second-order valence-corrected chi connectivity index (χ2v) is 6.59. The van der Waals surface area contributed by atoms with E-state index in [1.165, 1.54) is 11.1 Å². The number of halogens is 1. The van der Waals surface area contributed by atoms with Crippen molar-refractivity contribution in [3.63, 3.8) is 0 Å². The van der Waals surface area contributed by atoms with E-state index in [1.807, 2.05) is 12.1 Å². The maximum Gasteiger partial charge on any atom is 0.0408 e. The smallest absolute Gasteiger partial charge is 0.0408 e. The van der Waals surface area contributed by atoms with Crippen LogP contribution in [0.15, 0.2) is 18.2 Å². The zero-order valence-corrected chi connectivity index (χ0v) is 13.4. The van der Waals surface area contributed by atoms with Gasteiger partial charge in [-0.25, -0.2) is 0 Å². The van der Waals surface area contributed by atoms with Gasteiger partial charge < -0.3 is 5.73 Å². The van der Waals surface area contributed by atoms with Crippen LogP contribution in [0, 0.1) is 12.3 Å². The standard InChI is InChI=1S/C16H27ClN2/c1-5-8-19(12-16(3,4)11-18)10-14-6-7-15(17)9-13(14)2/h6-7,9H,5,8,10-12,18H2,1-4H3. The number of rotatable bonds is 7. The summed E-state index contributed by atoms with van der Waals surface area (Å²) >= 11 is 6.01. The van der Waals surface area contributed by atoms with Crippen LogP contribution in [0.5, 0.6) is 0 Å². The first kappa shape index (κ1) is 16.5. The molecule has 0 bridgehead atoms. The highest BCUT2D eigenvalue weighted by Crippen LogP contribution is 2.20. The van der Waals surface area contributed by atoms with E-state index in [0.29, 0.717) is 6.54 Å². The molecule has 0 saturated heterocycles. The normalized spacial score (nSPS) is 12.2. The summed E-state index contributed by atoms with van der Waals surface area (Å²) in [6.07, 6.45) is 1.16. The molecule has 0 spiro atoms. The summed E-state index contributed by atoms with van der Waals surface area (Å²) in [7, 11) is 0. The van der Waals surface area contributed by atoms with Gasteiger partial charge in [-0.15, -0.1) is 0 Å². The molecule has 19 heavy (non-hydrogen) atoms. The molecule has 2 N–H and O–H groups in total. The molecule has 0 saturated carbocycles. The minimum absolute atomic E-state index is 0.162. The average molecular weight is 283 g/mol. The summed E-state index contributed by atoms with van der Waals surface area (Å²) in [5, 5.41) is 0.811. The Bertz CT molecular complexity index is 402. The molecule has 1 rings (SSSR count). The topological polar surface area (TPSA) is 29.3 Å². The Kier molecular flexibility index (Phi) is 6.31. The van der Waals surface area contributed by atoms with Crippen molar-refractivity contribution in [1.82, 2.24) is 4.90 Å². The van der Waals surface area contributed by atoms with Crippen LogP contribution in [-0.2, 0) is 6.54 Å². The number of hydrogen-bond donors (Lipinski definition) is 1. The maximum atomic E-state index is 6.01. The van der Waals surface area contributed by atoms with Crippen molar-refractivity contribution in [2.75, 3.05) is 19.6 Å². The van der Waals surface area contributed by atoms with Crippen LogP contribution in [0.4, 0.5) is 0 Å². The van der Waals surface area contributed by atoms with E-state index in [1.54, 1.807) is 0 Å². The molecule has 0 aliphatic rings. The fourth-order valence-corrected chi connectivity index (χ4v) is 2.50. The third-order valence-corrected chi connectivity index (χ3v) is 3.68. The second kappa shape index (κ2) is 7.28. The molecule has 2 nitrogen and oxygen atoms in total. The SMILES string of the molecule is CCCN(Cc1ccc(Cl)cc1C)CC(C)(C)CN. The lowest BCUT2D eigenvalue weighted by molar-refractivity contribution is 0.175. The van der Waals surface area contributed by atoms with Crippen molar-refractivity contribution < 1.29 is 0 Å². The Morgan fingerprint density at radius 2 is 2.00 bits per heavy atom. The van der Waals surface area contributed by atoms with Crippen LogP contribution in [0.3, 0.4) is 0 Å². The van der Waals surface area contributed by atoms with Gasteiger partial charge in [-0.3, -0.25) is 4.90 Å². The molecule has 3 heteroatoms. The quantitative estimate of drug-likeness (QED) is 0.823. The van der Waals surface area contributed by atoms with Gasteiger partial charge in [0.25, 0.3) is 0 Å². The summed E-state index contributed by atoms with van der Waals surface area (Å²) in [6, 6.07) is 6.15. The van der Waals surface area contributed by atoms with Gasteiger partial charge in [0, 0.05) is 18.1 Å². The van der Waals surface area contributed by atoms with E-state index < -0.39 is 0 Å². The van der Waals surface area contributed by atoms with Crippen LogP contribution in [0.1, 0.15) is 38.3 Å². The van der Waals surface area contributed by atoms with Crippen LogP contribution in [0.2, 0.25) is 5.02 Å². The van der Waals surface area contributed by atoms with Gasteiger partial charge in [0.2, 0.25) is 0 Å². The van der Waals surface area contributed by atoms with Crippen molar-refractivity contribution in [2.45, 2.75) is 40.7 Å². The number of nitrogens with zero attached hydrogens (tertiary/aromatic N) is 1. The monoisotopic (exact) mass is 282 g/mol. The minimum Gasteiger partial charge on any atom is -0.330 e. The Morgan fingerprint density at radius 1 is 1.32 bits per heavy atom. The fourth-order valence-electron chi connectivity index (χ4n) is 2.28. The molecular formula is C16H27ClN2. The first-order valence-corrected chi connectivity index (χ1v) is 7.43. The molecule has 0 aliphatic heterocycles. The first-order valence-electron chi connectivity index (χ1n) is 7.05. The van der Waals surface area contributed by atoms with Gasteiger partial charge in [0.15, 0.2) is 0 Å². The molecule has 108 valence electrons. The lowest BCUT2D eigenvalue weighted by Crippen LogP contribution is -2.38. The Hall–Kier alpha value is -0.570. The van der Waals surface area contributed by atoms with Crippen molar-refractivity contribution >= 4 is 11.6 Å². The Morgan fingerprint density at radius 3 is 2.53 bits per heavy atom. The highest BCUT2D eigenvalue weighted by atomic mass is 35.5. The zero-order valence-electron chi connectivity index (χ0n) is 12.7. The average Bonchev–Trinajstić information content (AvgIpc) is 2.32. The first-order chi connectivity index (χ1) is 8.88. The summed E-state index contributed by atoms with van der Waals surface area (Å²) in [4.78, 5) is 2.49. The lowest BCUT2D eigenvalue weighted by atomic mass is 9.92. The maximum absolute atomic E-state index is 6.01. The molecule has 0 fully saturated rings. The molecule has 0 unspecified atom stereocenters. The molecule has 1 aromatic carbocycles. The molecule has 1 aromatic rings. The summed E-state index contributed by atoms with van der Waals surface area (Å²) in [6.45, 7) is 12.6. The summed E-state index contributed by atoms with van der Waals surface area (Å²) < 4.78 is 0. The van der Waals surface area contributed by atoms with E-state index in [9.17, 15) is 0 Å². The van der Waals surface area contributed by atoms with Gasteiger partial charge in [-0.05, 0) is 55.1 Å². The fraction of sp³-hybridized carbons (Fsp3) is 0.625. The molecule has 0 heterocycles. The number of benzene rings is 1. The highest BCUT2D eigenvalue weighted by molar-refractivity contribution is 6.30. The van der Waals surface area contributed by atoms with Crippen molar-refractivity contribution in [3.05, 3.63) is 34.3 Å². The predicted octanol–water partition coefficient (Wildman–Crippen LogP) is 3.85. The van der Waals surface area contributed by atoms with E-state index in [4.69, 9.17) is 17.3 Å². The number of nitrogens with two attached hydrogens (primary N) is 1. The number of aryl methyl sites for hydroxylation is 1. The Labute approximate surface area is 122 Å². The molecule has 0 aliphatic carbocycles. The van der Waals surface area contributed by atoms with E-state index in [0.717, 1.165) is 31.1 Å². The summed E-state index contributed by atoms with van der Waals surface area (Å²) in [5.41, 5.74) is 8.63. The predicted molar refractivity (Wildman–Crippen MR) is 84.6 cm³/mol. The van der Waals surface area contributed by atoms with Crippen molar-refractivity contribution in [1.29, 1.82) is 0 Å². The Balaban J connectivity index is 2.77. The zero-order chi connectivity index (χ0) is 14.5. The summed E-state index contributed by atoms with van der Waals surface area (Å²) in [5.74, 6) is 0. The largest absolute Gasteiger partial charge is 0.330 e. The third-order valence-electron chi connectivity index (χ3n) is 3.44. The molecule has 0 amide bonds. The molecule has 0 atom stereocenters. The van der Waals surface area contributed by atoms with Crippen LogP contribution in [0.25, 0.3) is 0 Å². The highest BCUT2D eigenvalue weighted by Gasteiger charge is 2.20. The lowest BCUT2D eigenvalue weighted by Gasteiger charge is -2.32. The van der Waals surface area contributed by atoms with Crippen molar-refractivity contribution in [2.24, 2.45) is 11.1 Å². The van der Waals surface area contributed by atoms with Gasteiger partial charge in [0.1, 0.15) is 0 Å². The van der Waals surface area contributed by atoms with Crippen LogP contribution < -0.4 is 5.73 Å². The van der Waals surface area contributed by atoms with E-state index >= 15 is 0 Å². The van der Waals surface area contributed by atoms with Gasteiger partial charge in [-0.1, -0.05) is 38.4 Å². The van der Waals surface area contributed by atoms with E-state index in [2.05, 4.69) is 38.7 Å². The van der Waals surface area contributed by atoms with Gasteiger partial charge in [-0.2, -0.15) is 0 Å². The molecule has 0 aromatic heterocycles.